The zero-order valence-corrected chi connectivity index (χ0v) is 10.3. The number of thiophene rings is 1. The summed E-state index contributed by atoms with van der Waals surface area (Å²) < 4.78 is 14.1. The third-order valence-corrected chi connectivity index (χ3v) is 3.43. The van der Waals surface area contributed by atoms with Crippen molar-refractivity contribution in [2.75, 3.05) is 5.32 Å². The zero-order chi connectivity index (χ0) is 11.5. The molecule has 0 spiro atoms. The SMILES string of the molecule is Cc1ccc(F)c(NCc2ccc(Cl)s2)c1. The number of benzene rings is 1. The van der Waals surface area contributed by atoms with Crippen LogP contribution in [-0.4, -0.2) is 0 Å². The molecule has 16 heavy (non-hydrogen) atoms. The van der Waals surface area contributed by atoms with E-state index in [-0.39, 0.29) is 5.82 Å². The summed E-state index contributed by atoms with van der Waals surface area (Å²) in [6.07, 6.45) is 0. The predicted octanol–water partition coefficient (Wildman–Crippen LogP) is 4.46. The van der Waals surface area contributed by atoms with Crippen molar-refractivity contribution in [2.24, 2.45) is 0 Å². The second-order valence-electron chi connectivity index (χ2n) is 3.54. The zero-order valence-electron chi connectivity index (χ0n) is 8.76. The monoisotopic (exact) mass is 255 g/mol. The van der Waals surface area contributed by atoms with Gasteiger partial charge in [-0.05, 0) is 36.8 Å². The largest absolute Gasteiger partial charge is 0.378 e. The molecule has 2 aromatic rings. The van der Waals surface area contributed by atoms with E-state index in [0.717, 1.165) is 14.8 Å². The molecule has 0 unspecified atom stereocenters. The third-order valence-electron chi connectivity index (χ3n) is 2.20. The minimum atomic E-state index is -0.228. The quantitative estimate of drug-likeness (QED) is 0.854. The molecule has 2 rings (SSSR count). The van der Waals surface area contributed by atoms with Crippen molar-refractivity contribution in [1.82, 2.24) is 0 Å². The number of anilines is 1. The molecule has 0 atom stereocenters. The number of rotatable bonds is 3. The van der Waals surface area contributed by atoms with Gasteiger partial charge in [-0.1, -0.05) is 17.7 Å². The van der Waals surface area contributed by atoms with Crippen molar-refractivity contribution < 1.29 is 4.39 Å². The van der Waals surface area contributed by atoms with E-state index in [4.69, 9.17) is 11.6 Å². The van der Waals surface area contributed by atoms with E-state index in [1.54, 1.807) is 12.1 Å². The highest BCUT2D eigenvalue weighted by molar-refractivity contribution is 7.16. The van der Waals surface area contributed by atoms with Crippen molar-refractivity contribution in [3.05, 3.63) is 50.9 Å². The van der Waals surface area contributed by atoms with Gasteiger partial charge in [0.2, 0.25) is 0 Å². The van der Waals surface area contributed by atoms with Gasteiger partial charge in [-0.25, -0.2) is 4.39 Å². The lowest BCUT2D eigenvalue weighted by Gasteiger charge is -2.06. The average Bonchev–Trinajstić information content (AvgIpc) is 2.66. The predicted molar refractivity (Wildman–Crippen MR) is 67.8 cm³/mol. The normalized spacial score (nSPS) is 10.4. The third kappa shape index (κ3) is 2.74. The smallest absolute Gasteiger partial charge is 0.146 e. The Balaban J connectivity index is 2.07. The molecule has 0 aliphatic rings. The van der Waals surface area contributed by atoms with Gasteiger partial charge in [0.1, 0.15) is 5.82 Å². The molecule has 0 bridgehead atoms. The van der Waals surface area contributed by atoms with Crippen LogP contribution in [0.15, 0.2) is 30.3 Å². The maximum Gasteiger partial charge on any atom is 0.146 e. The minimum Gasteiger partial charge on any atom is -0.378 e. The summed E-state index contributed by atoms with van der Waals surface area (Å²) >= 11 is 7.31. The van der Waals surface area contributed by atoms with Gasteiger partial charge in [0.05, 0.1) is 10.0 Å². The van der Waals surface area contributed by atoms with Gasteiger partial charge in [-0.2, -0.15) is 0 Å². The van der Waals surface area contributed by atoms with Gasteiger partial charge in [-0.15, -0.1) is 11.3 Å². The lowest BCUT2D eigenvalue weighted by atomic mass is 10.2. The van der Waals surface area contributed by atoms with Crippen molar-refractivity contribution in [3.8, 4) is 0 Å². The van der Waals surface area contributed by atoms with Crippen LogP contribution in [0, 0.1) is 12.7 Å². The number of aryl methyl sites for hydroxylation is 1. The van der Waals surface area contributed by atoms with Crippen LogP contribution in [0.1, 0.15) is 10.4 Å². The fourth-order valence-corrected chi connectivity index (χ4v) is 2.43. The molecule has 0 saturated heterocycles. The molecular weight excluding hydrogens is 245 g/mol. The highest BCUT2D eigenvalue weighted by Gasteiger charge is 2.03. The molecule has 1 aromatic heterocycles. The topological polar surface area (TPSA) is 12.0 Å². The van der Waals surface area contributed by atoms with Gasteiger partial charge in [-0.3, -0.25) is 0 Å². The van der Waals surface area contributed by atoms with Crippen LogP contribution < -0.4 is 5.32 Å². The van der Waals surface area contributed by atoms with Crippen LogP contribution in [0.25, 0.3) is 0 Å². The molecule has 1 aromatic carbocycles. The van der Waals surface area contributed by atoms with Gasteiger partial charge in [0.15, 0.2) is 0 Å². The first-order valence-corrected chi connectivity index (χ1v) is 6.09. The van der Waals surface area contributed by atoms with Crippen LogP contribution >= 0.6 is 22.9 Å². The van der Waals surface area contributed by atoms with Crippen molar-refractivity contribution >= 4 is 28.6 Å². The molecule has 1 N–H and O–H groups in total. The van der Waals surface area contributed by atoms with E-state index < -0.39 is 0 Å². The summed E-state index contributed by atoms with van der Waals surface area (Å²) in [7, 11) is 0. The van der Waals surface area contributed by atoms with Crippen LogP contribution in [0.5, 0.6) is 0 Å². The van der Waals surface area contributed by atoms with E-state index in [9.17, 15) is 4.39 Å². The van der Waals surface area contributed by atoms with Crippen molar-refractivity contribution in [2.45, 2.75) is 13.5 Å². The molecule has 0 fully saturated rings. The van der Waals surface area contributed by atoms with E-state index in [0.29, 0.717) is 12.2 Å². The number of hydrogen-bond acceptors (Lipinski definition) is 2. The fraction of sp³-hybridized carbons (Fsp3) is 0.167. The first-order chi connectivity index (χ1) is 7.65. The average molecular weight is 256 g/mol. The molecule has 0 aliphatic carbocycles. The van der Waals surface area contributed by atoms with E-state index in [1.165, 1.54) is 17.4 Å². The summed E-state index contributed by atoms with van der Waals surface area (Å²) in [5.74, 6) is -0.228. The molecular formula is C12H11ClFNS. The van der Waals surface area contributed by atoms with E-state index >= 15 is 0 Å². The Kier molecular flexibility index (Phi) is 3.46. The summed E-state index contributed by atoms with van der Waals surface area (Å²) in [6.45, 7) is 2.53. The highest BCUT2D eigenvalue weighted by atomic mass is 35.5. The Morgan fingerprint density at radius 2 is 2.12 bits per heavy atom. The number of hydrogen-bond donors (Lipinski definition) is 1. The van der Waals surface area contributed by atoms with Gasteiger partial charge >= 0.3 is 0 Å². The molecule has 1 nitrogen and oxygen atoms in total. The Morgan fingerprint density at radius 1 is 1.31 bits per heavy atom. The van der Waals surface area contributed by atoms with E-state index in [2.05, 4.69) is 5.32 Å². The highest BCUT2D eigenvalue weighted by Crippen LogP contribution is 2.23. The van der Waals surface area contributed by atoms with Crippen LogP contribution in [0.2, 0.25) is 4.34 Å². The molecule has 0 aliphatic heterocycles. The summed E-state index contributed by atoms with van der Waals surface area (Å²) in [6, 6.07) is 8.80. The molecule has 0 amide bonds. The number of halogens is 2. The molecule has 1 heterocycles. The van der Waals surface area contributed by atoms with Crippen molar-refractivity contribution in [1.29, 1.82) is 0 Å². The fourth-order valence-electron chi connectivity index (χ4n) is 1.40. The molecule has 0 saturated carbocycles. The molecule has 0 radical (unpaired) electrons. The maximum atomic E-state index is 13.4. The number of nitrogens with one attached hydrogen (secondary N) is 1. The van der Waals surface area contributed by atoms with Crippen LogP contribution in [0.4, 0.5) is 10.1 Å². The van der Waals surface area contributed by atoms with Crippen LogP contribution in [-0.2, 0) is 6.54 Å². The lowest BCUT2D eigenvalue weighted by molar-refractivity contribution is 0.630. The Bertz CT molecular complexity index is 496. The van der Waals surface area contributed by atoms with Gasteiger partial charge in [0, 0.05) is 11.4 Å². The van der Waals surface area contributed by atoms with Crippen LogP contribution in [0.3, 0.4) is 0 Å². The Hall–Kier alpha value is -1.06. The van der Waals surface area contributed by atoms with E-state index in [1.807, 2.05) is 19.1 Å². The molecule has 84 valence electrons. The first kappa shape index (κ1) is 11.4. The second kappa shape index (κ2) is 4.85. The Labute approximate surface area is 103 Å². The van der Waals surface area contributed by atoms with Gasteiger partial charge in [0.25, 0.3) is 0 Å². The van der Waals surface area contributed by atoms with Crippen molar-refractivity contribution in [3.63, 3.8) is 0 Å². The van der Waals surface area contributed by atoms with Gasteiger partial charge < -0.3 is 5.32 Å². The maximum absolute atomic E-state index is 13.4. The summed E-state index contributed by atoms with van der Waals surface area (Å²) in [4.78, 5) is 1.09. The summed E-state index contributed by atoms with van der Waals surface area (Å²) in [5, 5.41) is 3.06. The lowest BCUT2D eigenvalue weighted by Crippen LogP contribution is -2.00. The standard InChI is InChI=1S/C12H11ClFNS/c1-8-2-4-10(14)11(6-8)15-7-9-3-5-12(13)16-9/h2-6,15H,7H2,1H3. The second-order valence-corrected chi connectivity index (χ2v) is 5.34. The minimum absolute atomic E-state index is 0.228. The summed E-state index contributed by atoms with van der Waals surface area (Å²) in [5.41, 5.74) is 1.57. The molecule has 4 heteroatoms. The Morgan fingerprint density at radius 3 is 2.81 bits per heavy atom. The first-order valence-electron chi connectivity index (χ1n) is 4.89.